The van der Waals surface area contributed by atoms with Crippen molar-refractivity contribution in [1.29, 1.82) is 0 Å². The zero-order valence-corrected chi connectivity index (χ0v) is 28.2. The van der Waals surface area contributed by atoms with Crippen molar-refractivity contribution < 1.29 is 61.9 Å². The lowest BCUT2D eigenvalue weighted by Crippen LogP contribution is -2.69. The van der Waals surface area contributed by atoms with Gasteiger partial charge in [-0.3, -0.25) is 4.79 Å². The lowest BCUT2D eigenvalue weighted by molar-refractivity contribution is -0.441. The number of nitrogens with zero attached hydrogens (tertiary/aromatic N) is 2. The van der Waals surface area contributed by atoms with Crippen LogP contribution in [0.4, 0.5) is 57.1 Å². The van der Waals surface area contributed by atoms with Crippen molar-refractivity contribution in [1.82, 2.24) is 19.9 Å². The van der Waals surface area contributed by atoms with E-state index in [4.69, 9.17) is 0 Å². The van der Waals surface area contributed by atoms with Gasteiger partial charge < -0.3 is 9.97 Å². The molecule has 0 atom stereocenters. The molecule has 2 aromatic carbocycles. The number of alkyl halides is 13. The molecule has 0 amide bonds. The van der Waals surface area contributed by atoms with E-state index in [9.17, 15) is 35.5 Å². The van der Waals surface area contributed by atoms with Gasteiger partial charge in [-0.1, -0.05) is 60.7 Å². The fourth-order valence-corrected chi connectivity index (χ4v) is 6.43. The number of aromatic amines is 2. The number of nitrogens with one attached hydrogen (secondary N) is 2. The van der Waals surface area contributed by atoms with Crippen LogP contribution in [0.15, 0.2) is 84.9 Å². The van der Waals surface area contributed by atoms with Gasteiger partial charge in [0, 0.05) is 22.2 Å². The summed E-state index contributed by atoms with van der Waals surface area (Å²) in [6, 6.07) is 19.9. The molecule has 2 N–H and O–H groups in total. The van der Waals surface area contributed by atoms with Gasteiger partial charge in [-0.15, -0.1) is 0 Å². The van der Waals surface area contributed by atoms with Crippen molar-refractivity contribution in [2.24, 2.45) is 0 Å². The van der Waals surface area contributed by atoms with E-state index >= 15 is 26.3 Å². The number of carbonyl (C=O) groups excluding carboxylic acids is 1. The van der Waals surface area contributed by atoms with Crippen LogP contribution < -0.4 is 0 Å². The van der Waals surface area contributed by atoms with Crippen LogP contribution in [-0.4, -0.2) is 56.1 Å². The van der Waals surface area contributed by atoms with E-state index in [1.807, 2.05) is 0 Å². The molecule has 18 heteroatoms. The number of aldehydes is 1. The fraction of sp³-hybridized carbons (Fsp3) is 0.154. The van der Waals surface area contributed by atoms with Gasteiger partial charge in [0.2, 0.25) is 0 Å². The number of halogens is 13. The summed E-state index contributed by atoms with van der Waals surface area (Å²) in [4.78, 5) is 26.4. The topological polar surface area (TPSA) is 74.4 Å². The van der Waals surface area contributed by atoms with E-state index in [1.54, 1.807) is 36.4 Å². The number of rotatable bonds is 8. The molecule has 0 fully saturated rings. The quantitative estimate of drug-likeness (QED) is 0.119. The molecular formula is C39H21F13N4O. The highest BCUT2D eigenvalue weighted by Gasteiger charge is 2.91. The summed E-state index contributed by atoms with van der Waals surface area (Å²) in [5.41, 5.74) is -4.07. The average molecular weight is 809 g/mol. The smallest absolute Gasteiger partial charge is 0.354 e. The van der Waals surface area contributed by atoms with Gasteiger partial charge in [0.1, 0.15) is 0 Å². The van der Waals surface area contributed by atoms with Gasteiger partial charge in [0.25, 0.3) is 0 Å². The van der Waals surface area contributed by atoms with Crippen LogP contribution in [-0.2, 0) is 5.92 Å². The molecule has 0 saturated heterocycles. The van der Waals surface area contributed by atoms with Gasteiger partial charge in [-0.25, -0.2) is 9.97 Å². The number of carbonyl (C=O) groups is 1. The van der Waals surface area contributed by atoms with Crippen LogP contribution in [0.2, 0.25) is 0 Å². The molecule has 57 heavy (non-hydrogen) atoms. The Bertz CT molecular complexity index is 2590. The van der Waals surface area contributed by atoms with Crippen LogP contribution in [0.1, 0.15) is 38.7 Å². The Kier molecular flexibility index (Phi) is 9.04. The van der Waals surface area contributed by atoms with Crippen molar-refractivity contribution in [2.45, 2.75) is 35.8 Å². The maximum absolute atomic E-state index is 16.4. The first-order chi connectivity index (χ1) is 26.7. The van der Waals surface area contributed by atoms with Crippen LogP contribution >= 0.6 is 0 Å². The first kappa shape index (κ1) is 39.1. The van der Waals surface area contributed by atoms with Gasteiger partial charge in [0.05, 0.1) is 44.9 Å². The Balaban J connectivity index is 1.65. The number of H-pyrrole nitrogens is 2. The highest BCUT2D eigenvalue weighted by Crippen LogP contribution is 2.62. The number of hydrogen-bond donors (Lipinski definition) is 2. The van der Waals surface area contributed by atoms with Crippen LogP contribution in [0.5, 0.6) is 0 Å². The summed E-state index contributed by atoms with van der Waals surface area (Å²) in [5, 5.41) is 0. The molecule has 0 spiro atoms. The Hall–Kier alpha value is -6.20. The van der Waals surface area contributed by atoms with Crippen molar-refractivity contribution in [3.8, 4) is 22.3 Å². The molecule has 5 heterocycles. The lowest BCUT2D eigenvalue weighted by Gasteiger charge is -2.39. The van der Waals surface area contributed by atoms with E-state index < -0.39 is 52.6 Å². The zero-order chi connectivity index (χ0) is 41.3. The van der Waals surface area contributed by atoms with Crippen LogP contribution in [0.3, 0.4) is 0 Å². The predicted octanol–water partition coefficient (Wildman–Crippen LogP) is 12.0. The summed E-state index contributed by atoms with van der Waals surface area (Å²) >= 11 is 0. The average Bonchev–Trinajstić information content (AvgIpc) is 3.99. The third kappa shape index (κ3) is 5.91. The minimum atomic E-state index is -8.11. The molecule has 2 aliphatic rings. The number of aromatic nitrogens is 4. The van der Waals surface area contributed by atoms with E-state index in [1.165, 1.54) is 48.6 Å². The van der Waals surface area contributed by atoms with E-state index in [0.717, 1.165) is 12.1 Å². The Morgan fingerprint density at radius 2 is 0.842 bits per heavy atom. The fourth-order valence-electron chi connectivity index (χ4n) is 6.43. The first-order valence-electron chi connectivity index (χ1n) is 16.3. The third-order valence-corrected chi connectivity index (χ3v) is 9.28. The number of hydrogen-bond acceptors (Lipinski definition) is 3. The molecule has 3 aromatic heterocycles. The molecule has 5 aromatic rings. The monoisotopic (exact) mass is 808 g/mol. The largest absolute Gasteiger partial charge is 0.460 e. The first-order valence-corrected chi connectivity index (χ1v) is 16.3. The summed E-state index contributed by atoms with van der Waals surface area (Å²) < 4.78 is 190. The van der Waals surface area contributed by atoms with E-state index in [0.29, 0.717) is 29.6 Å². The second-order valence-corrected chi connectivity index (χ2v) is 12.8. The van der Waals surface area contributed by atoms with Gasteiger partial charge in [-0.05, 0) is 59.7 Å². The zero-order valence-electron chi connectivity index (χ0n) is 28.2. The minimum Gasteiger partial charge on any atom is -0.354 e. The molecule has 8 bridgehead atoms. The molecule has 2 aliphatic heterocycles. The normalized spacial score (nSPS) is 14.0. The molecule has 0 aliphatic carbocycles. The van der Waals surface area contributed by atoms with Gasteiger partial charge in [0.15, 0.2) is 6.29 Å². The van der Waals surface area contributed by atoms with Crippen molar-refractivity contribution >= 4 is 52.7 Å². The minimum absolute atomic E-state index is 0.0459. The molecule has 294 valence electrons. The SMILES string of the molecule is O=Cc1c2nc(c(-c3ccccc3)c3ccc([nH]3)c(C(F)(F)C(F)(F)C(F)(F)C(F)(F)C(F)(F)C(F)(F)F)c3nc(c(-c4ccccc4)c4ccc1[nH]4)C=C3)C=C2. The highest BCUT2D eigenvalue weighted by molar-refractivity contribution is 5.98. The van der Waals surface area contributed by atoms with E-state index in [-0.39, 0.29) is 50.3 Å². The van der Waals surface area contributed by atoms with Crippen LogP contribution in [0, 0.1) is 0 Å². The molecular weight excluding hydrogens is 787 g/mol. The summed E-state index contributed by atoms with van der Waals surface area (Å²) in [6.45, 7) is 0. The van der Waals surface area contributed by atoms with Crippen molar-refractivity contribution in [3.05, 3.63) is 119 Å². The number of fused-ring (bicyclic) bond motifs is 8. The maximum atomic E-state index is 16.4. The molecule has 0 unspecified atom stereocenters. The van der Waals surface area contributed by atoms with Crippen molar-refractivity contribution in [3.63, 3.8) is 0 Å². The van der Waals surface area contributed by atoms with Crippen molar-refractivity contribution in [2.75, 3.05) is 0 Å². The number of benzene rings is 2. The maximum Gasteiger partial charge on any atom is 0.460 e. The van der Waals surface area contributed by atoms with E-state index in [2.05, 4.69) is 19.9 Å². The van der Waals surface area contributed by atoms with Gasteiger partial charge >= 0.3 is 35.8 Å². The molecule has 0 radical (unpaired) electrons. The highest BCUT2D eigenvalue weighted by atomic mass is 19.4. The molecule has 5 nitrogen and oxygen atoms in total. The Labute approximate surface area is 311 Å². The second-order valence-electron chi connectivity index (χ2n) is 12.8. The van der Waals surface area contributed by atoms with Crippen LogP contribution in [0.25, 0.3) is 68.6 Å². The summed E-state index contributed by atoms with van der Waals surface area (Å²) in [5.74, 6) is -38.4. The predicted molar refractivity (Wildman–Crippen MR) is 185 cm³/mol. The third-order valence-electron chi connectivity index (χ3n) is 9.28. The molecule has 7 rings (SSSR count). The Morgan fingerprint density at radius 3 is 1.33 bits per heavy atom. The molecule has 0 saturated carbocycles. The lowest BCUT2D eigenvalue weighted by atomic mass is 9.90. The van der Waals surface area contributed by atoms with Gasteiger partial charge in [-0.2, -0.15) is 57.1 Å². The summed E-state index contributed by atoms with van der Waals surface area (Å²) in [7, 11) is 0. The summed E-state index contributed by atoms with van der Waals surface area (Å²) in [6.07, 6.45) is -2.62. The standard InChI is InChI=1S/C39H21F13N4O/c40-34(41,35(42,43)36(44,45)37(46,47)38(48,49)39(50,51)52)33-29-17-15-27(55-29)31(20-7-3-1-4-8-20)25-13-11-23(53-25)22(19-57)24-12-14-26(54-24)32(21-9-5-2-6-10-21)28-16-18-30(33)56-28/h1-19,53,56H. The second kappa shape index (κ2) is 13.2. The Morgan fingerprint density at radius 1 is 0.439 bits per heavy atom.